The number of benzene rings is 3. The van der Waals surface area contributed by atoms with Gasteiger partial charge in [-0.2, -0.15) is 0 Å². The molecule has 0 radical (unpaired) electrons. The van der Waals surface area contributed by atoms with Gasteiger partial charge in [0.25, 0.3) is 0 Å². The quantitative estimate of drug-likeness (QED) is 0.357. The number of amides is 2. The number of halogens is 1. The Labute approximate surface area is 202 Å². The first-order valence-electron chi connectivity index (χ1n) is 10.9. The van der Waals surface area contributed by atoms with E-state index >= 15 is 0 Å². The van der Waals surface area contributed by atoms with Gasteiger partial charge in [0, 0.05) is 24.2 Å². The number of hydrogen-bond acceptors (Lipinski definition) is 5. The lowest BCUT2D eigenvalue weighted by Gasteiger charge is -2.14. The summed E-state index contributed by atoms with van der Waals surface area (Å²) < 4.78 is 20.4. The van der Waals surface area contributed by atoms with Crippen LogP contribution in [0.2, 0.25) is 0 Å². The van der Waals surface area contributed by atoms with E-state index in [0.717, 1.165) is 5.56 Å². The molecule has 2 amide bonds. The first-order valence-corrected chi connectivity index (χ1v) is 10.9. The van der Waals surface area contributed by atoms with Crippen LogP contribution in [-0.2, 0) is 9.59 Å². The summed E-state index contributed by atoms with van der Waals surface area (Å²) in [5, 5.41) is 5.40. The van der Waals surface area contributed by atoms with Gasteiger partial charge in [-0.3, -0.25) is 9.59 Å². The van der Waals surface area contributed by atoms with Gasteiger partial charge in [0.2, 0.25) is 17.7 Å². The lowest BCUT2D eigenvalue weighted by molar-refractivity contribution is -0.117. The highest BCUT2D eigenvalue weighted by Crippen LogP contribution is 2.27. The Morgan fingerprint density at radius 2 is 1.66 bits per heavy atom. The Balaban J connectivity index is 1.39. The van der Waals surface area contributed by atoms with Crippen molar-refractivity contribution in [2.75, 3.05) is 10.6 Å². The van der Waals surface area contributed by atoms with E-state index in [2.05, 4.69) is 20.6 Å². The van der Waals surface area contributed by atoms with Crippen LogP contribution in [0.1, 0.15) is 25.3 Å². The maximum Gasteiger partial charge on any atom is 0.231 e. The van der Waals surface area contributed by atoms with Crippen LogP contribution in [-0.4, -0.2) is 21.8 Å². The molecule has 0 aliphatic carbocycles. The molecule has 0 spiro atoms. The number of nitrogens with zero attached hydrogens (tertiary/aromatic N) is 2. The first kappa shape index (κ1) is 23.6. The number of carbonyl (C=O) groups is 2. The molecule has 4 rings (SSSR count). The SMILES string of the molecule is CC(=O)Nc1cc(Oc2ccc(NC(=O)C(C)c3ccc(-c4ccccc4)c(F)c3)cc2)ncn1. The van der Waals surface area contributed by atoms with Gasteiger partial charge in [-0.05, 0) is 48.4 Å². The molecule has 0 aliphatic rings. The fourth-order valence-corrected chi connectivity index (χ4v) is 3.43. The van der Waals surface area contributed by atoms with Gasteiger partial charge in [0.05, 0.1) is 5.92 Å². The molecule has 1 unspecified atom stereocenters. The number of anilines is 2. The van der Waals surface area contributed by atoms with Crippen molar-refractivity contribution in [3.63, 3.8) is 0 Å². The molecule has 1 aromatic heterocycles. The Hall–Kier alpha value is -4.59. The van der Waals surface area contributed by atoms with Crippen molar-refractivity contribution in [1.29, 1.82) is 0 Å². The van der Waals surface area contributed by atoms with Crippen molar-refractivity contribution in [2.24, 2.45) is 0 Å². The standard InChI is InChI=1S/C27H23FN4O3/c1-17(20-8-13-23(24(28)14-20)19-6-4-3-5-7-19)27(34)32-21-9-11-22(12-10-21)35-26-15-25(29-16-30-26)31-18(2)33/h3-17H,1-2H3,(H,32,34)(H,29,30,31,33). The van der Waals surface area contributed by atoms with Crippen molar-refractivity contribution in [3.8, 4) is 22.8 Å². The van der Waals surface area contributed by atoms with Crippen LogP contribution in [0.3, 0.4) is 0 Å². The van der Waals surface area contributed by atoms with Crippen LogP contribution < -0.4 is 15.4 Å². The molecule has 35 heavy (non-hydrogen) atoms. The van der Waals surface area contributed by atoms with Crippen LogP contribution in [0.5, 0.6) is 11.6 Å². The van der Waals surface area contributed by atoms with E-state index in [1.807, 2.05) is 30.3 Å². The molecule has 1 atom stereocenters. The Morgan fingerprint density at radius 3 is 2.34 bits per heavy atom. The van der Waals surface area contributed by atoms with Crippen LogP contribution in [0.15, 0.2) is 85.2 Å². The molecule has 176 valence electrons. The highest BCUT2D eigenvalue weighted by molar-refractivity contribution is 5.95. The van der Waals surface area contributed by atoms with Crippen molar-refractivity contribution >= 4 is 23.3 Å². The Morgan fingerprint density at radius 1 is 0.914 bits per heavy atom. The molecule has 0 fully saturated rings. The zero-order chi connectivity index (χ0) is 24.8. The second kappa shape index (κ2) is 10.6. The predicted octanol–water partition coefficient (Wildman–Crippen LogP) is 5.78. The minimum atomic E-state index is -0.557. The van der Waals surface area contributed by atoms with Crippen molar-refractivity contribution in [3.05, 3.63) is 96.6 Å². The largest absolute Gasteiger partial charge is 0.439 e. The molecule has 7 nitrogen and oxygen atoms in total. The zero-order valence-electron chi connectivity index (χ0n) is 19.2. The minimum Gasteiger partial charge on any atom is -0.439 e. The molecule has 4 aromatic rings. The van der Waals surface area contributed by atoms with E-state index in [0.29, 0.717) is 28.4 Å². The third-order valence-electron chi connectivity index (χ3n) is 5.26. The smallest absolute Gasteiger partial charge is 0.231 e. The fraction of sp³-hybridized carbons (Fsp3) is 0.111. The van der Waals surface area contributed by atoms with Crippen LogP contribution >= 0.6 is 0 Å². The number of ether oxygens (including phenoxy) is 1. The molecule has 0 bridgehead atoms. The van der Waals surface area contributed by atoms with Crippen molar-refractivity contribution < 1.29 is 18.7 Å². The Bertz CT molecular complexity index is 1340. The lowest BCUT2D eigenvalue weighted by Crippen LogP contribution is -2.19. The van der Waals surface area contributed by atoms with Crippen molar-refractivity contribution in [1.82, 2.24) is 9.97 Å². The van der Waals surface area contributed by atoms with E-state index in [9.17, 15) is 14.0 Å². The summed E-state index contributed by atoms with van der Waals surface area (Å²) in [7, 11) is 0. The predicted molar refractivity (Wildman–Crippen MR) is 132 cm³/mol. The Kier molecular flexibility index (Phi) is 7.11. The topological polar surface area (TPSA) is 93.2 Å². The molecular formula is C27H23FN4O3. The second-order valence-corrected chi connectivity index (χ2v) is 7.87. The summed E-state index contributed by atoms with van der Waals surface area (Å²) in [4.78, 5) is 31.9. The maximum atomic E-state index is 14.7. The van der Waals surface area contributed by atoms with Crippen LogP contribution in [0, 0.1) is 5.82 Å². The average molecular weight is 471 g/mol. The molecule has 0 saturated carbocycles. The maximum absolute atomic E-state index is 14.7. The molecule has 0 aliphatic heterocycles. The van der Waals surface area contributed by atoms with Gasteiger partial charge in [-0.1, -0.05) is 42.5 Å². The summed E-state index contributed by atoms with van der Waals surface area (Å²) >= 11 is 0. The highest BCUT2D eigenvalue weighted by atomic mass is 19.1. The van der Waals surface area contributed by atoms with E-state index in [1.165, 1.54) is 25.4 Å². The summed E-state index contributed by atoms with van der Waals surface area (Å²) in [6.07, 6.45) is 1.28. The van der Waals surface area contributed by atoms with Gasteiger partial charge < -0.3 is 15.4 Å². The van der Waals surface area contributed by atoms with Gasteiger partial charge >= 0.3 is 0 Å². The second-order valence-electron chi connectivity index (χ2n) is 7.87. The third kappa shape index (κ3) is 6.05. The number of rotatable bonds is 7. The van der Waals surface area contributed by atoms with Crippen molar-refractivity contribution in [2.45, 2.75) is 19.8 Å². The van der Waals surface area contributed by atoms with Gasteiger partial charge in [-0.15, -0.1) is 0 Å². The number of aromatic nitrogens is 2. The molecule has 8 heteroatoms. The monoisotopic (exact) mass is 470 g/mol. The third-order valence-corrected chi connectivity index (χ3v) is 5.26. The normalized spacial score (nSPS) is 11.4. The molecular weight excluding hydrogens is 447 g/mol. The number of carbonyl (C=O) groups excluding carboxylic acids is 2. The summed E-state index contributed by atoms with van der Waals surface area (Å²) in [6, 6.07) is 22.4. The summed E-state index contributed by atoms with van der Waals surface area (Å²) in [5.74, 6) is -0.370. The average Bonchev–Trinajstić information content (AvgIpc) is 2.85. The minimum absolute atomic E-state index is 0.251. The van der Waals surface area contributed by atoms with E-state index < -0.39 is 5.92 Å². The summed E-state index contributed by atoms with van der Waals surface area (Å²) in [5.41, 5.74) is 2.42. The zero-order valence-corrected chi connectivity index (χ0v) is 19.2. The lowest BCUT2D eigenvalue weighted by atomic mass is 9.96. The van der Waals surface area contributed by atoms with E-state index in [4.69, 9.17) is 4.74 Å². The highest BCUT2D eigenvalue weighted by Gasteiger charge is 2.17. The number of nitrogens with one attached hydrogen (secondary N) is 2. The van der Waals surface area contributed by atoms with Gasteiger partial charge in [0.1, 0.15) is 23.7 Å². The molecule has 0 saturated heterocycles. The van der Waals surface area contributed by atoms with Crippen LogP contribution in [0.25, 0.3) is 11.1 Å². The van der Waals surface area contributed by atoms with E-state index in [1.54, 1.807) is 43.3 Å². The van der Waals surface area contributed by atoms with Gasteiger partial charge in [-0.25, -0.2) is 14.4 Å². The first-order chi connectivity index (χ1) is 16.9. The number of hydrogen-bond donors (Lipinski definition) is 2. The molecule has 1 heterocycles. The molecule has 3 aromatic carbocycles. The summed E-state index contributed by atoms with van der Waals surface area (Å²) in [6.45, 7) is 3.11. The van der Waals surface area contributed by atoms with Gasteiger partial charge in [0.15, 0.2) is 0 Å². The van der Waals surface area contributed by atoms with E-state index in [-0.39, 0.29) is 23.5 Å². The molecule has 2 N–H and O–H groups in total. The van der Waals surface area contributed by atoms with Crippen LogP contribution in [0.4, 0.5) is 15.9 Å². The fourth-order valence-electron chi connectivity index (χ4n) is 3.43.